The van der Waals surface area contributed by atoms with Gasteiger partial charge in [0.2, 0.25) is 5.91 Å². The second-order valence-corrected chi connectivity index (χ2v) is 6.04. The fraction of sp³-hybridized carbons (Fsp3) is 0.750. The molecule has 1 aromatic rings. The largest absolute Gasteiger partial charge is 0.343 e. The van der Waals surface area contributed by atoms with Gasteiger partial charge in [-0.2, -0.15) is 0 Å². The normalized spacial score (nSPS) is 18.6. The van der Waals surface area contributed by atoms with E-state index in [-0.39, 0.29) is 0 Å². The molecule has 0 bridgehead atoms. The van der Waals surface area contributed by atoms with Crippen LogP contribution in [0.25, 0.3) is 0 Å². The van der Waals surface area contributed by atoms with Gasteiger partial charge in [0.1, 0.15) is 5.82 Å². The van der Waals surface area contributed by atoms with Crippen LogP contribution in [0.5, 0.6) is 0 Å². The summed E-state index contributed by atoms with van der Waals surface area (Å²) in [7, 11) is 0. The molecule has 2 aliphatic rings. The summed E-state index contributed by atoms with van der Waals surface area (Å²) in [5, 5.41) is 3.37. The van der Waals surface area contributed by atoms with Crippen LogP contribution in [0.3, 0.4) is 0 Å². The predicted molar refractivity (Wildman–Crippen MR) is 82.1 cm³/mol. The monoisotopic (exact) mass is 290 g/mol. The molecule has 0 saturated carbocycles. The summed E-state index contributed by atoms with van der Waals surface area (Å²) in [6, 6.07) is 0. The third-order valence-electron chi connectivity index (χ3n) is 4.64. The first-order valence-corrected chi connectivity index (χ1v) is 8.35. The van der Waals surface area contributed by atoms with Crippen molar-refractivity contribution in [3.63, 3.8) is 0 Å². The molecule has 0 aromatic carbocycles. The number of piperidine rings is 1. The number of carbonyl (C=O) groups excluding carboxylic acids is 1. The van der Waals surface area contributed by atoms with Gasteiger partial charge in [0.05, 0.1) is 5.69 Å². The molecule has 0 radical (unpaired) electrons. The molecule has 2 aliphatic heterocycles. The Hall–Kier alpha value is -1.36. The van der Waals surface area contributed by atoms with Crippen molar-refractivity contribution in [2.24, 2.45) is 0 Å². The number of rotatable bonds is 4. The van der Waals surface area contributed by atoms with Crippen LogP contribution in [-0.2, 0) is 30.7 Å². The number of aromatic nitrogens is 2. The number of hydrogen-bond acceptors (Lipinski definition) is 3. The van der Waals surface area contributed by atoms with E-state index in [0.717, 1.165) is 64.2 Å². The van der Waals surface area contributed by atoms with Crippen LogP contribution >= 0.6 is 0 Å². The van der Waals surface area contributed by atoms with Crippen LogP contribution in [0.15, 0.2) is 0 Å². The summed E-state index contributed by atoms with van der Waals surface area (Å²) in [4.78, 5) is 19.1. The molecule has 0 aliphatic carbocycles. The Labute approximate surface area is 126 Å². The average molecular weight is 290 g/mol. The van der Waals surface area contributed by atoms with Gasteiger partial charge in [-0.25, -0.2) is 4.98 Å². The van der Waals surface area contributed by atoms with Crippen molar-refractivity contribution in [3.8, 4) is 0 Å². The lowest BCUT2D eigenvalue weighted by atomic mass is 10.1. The minimum absolute atomic E-state index is 0.313. The molecule has 5 heteroatoms. The Balaban J connectivity index is 1.66. The quantitative estimate of drug-likeness (QED) is 0.914. The van der Waals surface area contributed by atoms with Gasteiger partial charge in [-0.05, 0) is 19.3 Å². The highest BCUT2D eigenvalue weighted by molar-refractivity contribution is 5.76. The summed E-state index contributed by atoms with van der Waals surface area (Å²) >= 11 is 0. The summed E-state index contributed by atoms with van der Waals surface area (Å²) in [5.41, 5.74) is 2.53. The van der Waals surface area contributed by atoms with Gasteiger partial charge >= 0.3 is 0 Å². The van der Waals surface area contributed by atoms with Crippen molar-refractivity contribution in [3.05, 3.63) is 17.2 Å². The number of fused-ring (bicyclic) bond motifs is 1. The maximum atomic E-state index is 12.3. The average Bonchev–Trinajstić information content (AvgIpc) is 2.91. The van der Waals surface area contributed by atoms with E-state index in [2.05, 4.69) is 16.8 Å². The number of carbonyl (C=O) groups is 1. The van der Waals surface area contributed by atoms with Gasteiger partial charge in [0.25, 0.3) is 0 Å². The molecule has 21 heavy (non-hydrogen) atoms. The Morgan fingerprint density at radius 1 is 1.29 bits per heavy atom. The molecular formula is C16H26N4O. The van der Waals surface area contributed by atoms with E-state index in [9.17, 15) is 4.79 Å². The first kappa shape index (κ1) is 14.6. The van der Waals surface area contributed by atoms with Crippen molar-refractivity contribution in [2.45, 2.75) is 58.5 Å². The second kappa shape index (κ2) is 6.60. The van der Waals surface area contributed by atoms with Gasteiger partial charge in [-0.1, -0.05) is 6.92 Å². The number of amides is 1. The summed E-state index contributed by atoms with van der Waals surface area (Å²) in [6.45, 7) is 6.72. The second-order valence-electron chi connectivity index (χ2n) is 6.04. The SMILES string of the molecule is CCc1nc2c(n1CCC(=O)N1CCCCC1)CCNC2. The van der Waals surface area contributed by atoms with Crippen LogP contribution in [0.4, 0.5) is 0 Å². The molecule has 3 rings (SSSR count). The number of nitrogens with zero attached hydrogens (tertiary/aromatic N) is 3. The number of likely N-dealkylation sites (tertiary alicyclic amines) is 1. The minimum atomic E-state index is 0.313. The summed E-state index contributed by atoms with van der Waals surface area (Å²) in [6.07, 6.45) is 6.18. The molecule has 0 atom stereocenters. The van der Waals surface area contributed by atoms with E-state index in [1.54, 1.807) is 0 Å². The molecule has 1 fully saturated rings. The van der Waals surface area contributed by atoms with Gasteiger partial charge in [0.15, 0.2) is 0 Å². The zero-order chi connectivity index (χ0) is 14.7. The summed E-state index contributed by atoms with van der Waals surface area (Å²) in [5.74, 6) is 1.45. The fourth-order valence-corrected chi connectivity index (χ4v) is 3.47. The van der Waals surface area contributed by atoms with E-state index in [4.69, 9.17) is 4.98 Å². The Kier molecular flexibility index (Phi) is 4.58. The molecule has 1 aromatic heterocycles. The molecular weight excluding hydrogens is 264 g/mol. The number of imidazole rings is 1. The molecule has 116 valence electrons. The molecule has 0 unspecified atom stereocenters. The van der Waals surface area contributed by atoms with E-state index >= 15 is 0 Å². The van der Waals surface area contributed by atoms with E-state index in [0.29, 0.717) is 12.3 Å². The third-order valence-corrected chi connectivity index (χ3v) is 4.64. The van der Waals surface area contributed by atoms with Gasteiger partial charge in [-0.3, -0.25) is 4.79 Å². The van der Waals surface area contributed by atoms with Gasteiger partial charge in [-0.15, -0.1) is 0 Å². The molecule has 1 amide bonds. The zero-order valence-corrected chi connectivity index (χ0v) is 13.0. The Bertz CT molecular complexity index is 503. The molecule has 1 N–H and O–H groups in total. The summed E-state index contributed by atoms with van der Waals surface area (Å²) < 4.78 is 2.30. The molecule has 3 heterocycles. The smallest absolute Gasteiger partial charge is 0.224 e. The van der Waals surface area contributed by atoms with Gasteiger partial charge < -0.3 is 14.8 Å². The first-order valence-electron chi connectivity index (χ1n) is 8.35. The third kappa shape index (κ3) is 3.12. The Morgan fingerprint density at radius 2 is 2.10 bits per heavy atom. The van der Waals surface area contributed by atoms with Crippen LogP contribution in [0, 0.1) is 0 Å². The lowest BCUT2D eigenvalue weighted by Gasteiger charge is -2.27. The van der Waals surface area contributed by atoms with E-state index in [1.807, 2.05) is 4.90 Å². The highest BCUT2D eigenvalue weighted by Gasteiger charge is 2.21. The predicted octanol–water partition coefficient (Wildman–Crippen LogP) is 1.49. The lowest BCUT2D eigenvalue weighted by Crippen LogP contribution is -2.36. The first-order chi connectivity index (χ1) is 10.3. The van der Waals surface area contributed by atoms with Gasteiger partial charge in [0, 0.05) is 57.7 Å². The Morgan fingerprint density at radius 3 is 2.86 bits per heavy atom. The minimum Gasteiger partial charge on any atom is -0.343 e. The van der Waals surface area contributed by atoms with Crippen molar-refractivity contribution >= 4 is 5.91 Å². The number of hydrogen-bond donors (Lipinski definition) is 1. The van der Waals surface area contributed by atoms with Crippen molar-refractivity contribution < 1.29 is 4.79 Å². The number of nitrogens with one attached hydrogen (secondary N) is 1. The van der Waals surface area contributed by atoms with E-state index < -0.39 is 0 Å². The van der Waals surface area contributed by atoms with E-state index in [1.165, 1.54) is 17.8 Å². The van der Waals surface area contributed by atoms with Crippen LogP contribution in [-0.4, -0.2) is 40.0 Å². The van der Waals surface area contributed by atoms with Crippen molar-refractivity contribution in [2.75, 3.05) is 19.6 Å². The highest BCUT2D eigenvalue weighted by Crippen LogP contribution is 2.18. The van der Waals surface area contributed by atoms with Crippen LogP contribution in [0.1, 0.15) is 49.8 Å². The fourth-order valence-electron chi connectivity index (χ4n) is 3.47. The molecule has 0 spiro atoms. The van der Waals surface area contributed by atoms with Crippen molar-refractivity contribution in [1.29, 1.82) is 0 Å². The highest BCUT2D eigenvalue weighted by atomic mass is 16.2. The standard InChI is InChI=1S/C16H26N4O/c1-2-15-18-13-12-17-8-6-14(13)20(15)11-7-16(21)19-9-4-3-5-10-19/h17H,2-12H2,1H3. The zero-order valence-electron chi connectivity index (χ0n) is 13.0. The topological polar surface area (TPSA) is 50.2 Å². The maximum absolute atomic E-state index is 12.3. The molecule has 1 saturated heterocycles. The molecule has 5 nitrogen and oxygen atoms in total. The lowest BCUT2D eigenvalue weighted by molar-refractivity contribution is -0.132. The van der Waals surface area contributed by atoms with Crippen LogP contribution in [0.2, 0.25) is 0 Å². The maximum Gasteiger partial charge on any atom is 0.224 e. The number of aryl methyl sites for hydroxylation is 1. The van der Waals surface area contributed by atoms with Crippen LogP contribution < -0.4 is 5.32 Å². The van der Waals surface area contributed by atoms with Crippen molar-refractivity contribution in [1.82, 2.24) is 19.8 Å².